The zero-order valence-electron chi connectivity index (χ0n) is 9.51. The molecule has 0 spiro atoms. The van der Waals surface area contributed by atoms with Crippen molar-refractivity contribution in [3.05, 3.63) is 46.4 Å². The average Bonchev–Trinajstić information content (AvgIpc) is 2.83. The molecule has 0 amide bonds. The highest BCUT2D eigenvalue weighted by atomic mass is 16.4. The van der Waals surface area contributed by atoms with E-state index < -0.39 is 23.9 Å². The Bertz CT molecular complexity index is 725. The van der Waals surface area contributed by atoms with Crippen molar-refractivity contribution in [1.82, 2.24) is 0 Å². The van der Waals surface area contributed by atoms with Crippen LogP contribution in [0.3, 0.4) is 0 Å². The second kappa shape index (κ2) is 3.69. The summed E-state index contributed by atoms with van der Waals surface area (Å²) in [6.07, 6.45) is 1.06. The predicted octanol–water partition coefficient (Wildman–Crippen LogP) is 0.959. The van der Waals surface area contributed by atoms with Gasteiger partial charge in [-0.25, -0.2) is 0 Å². The van der Waals surface area contributed by atoms with Crippen LogP contribution < -0.4 is 0 Å². The SMILES string of the molecule is O=C1c2coc(CO)c2C(=O)c2c(O)ccc(O)c21. The summed E-state index contributed by atoms with van der Waals surface area (Å²) in [7, 11) is 0. The monoisotopic (exact) mass is 260 g/mol. The number of phenols is 2. The van der Waals surface area contributed by atoms with E-state index in [0.717, 1.165) is 18.4 Å². The van der Waals surface area contributed by atoms with E-state index in [0.29, 0.717) is 0 Å². The summed E-state index contributed by atoms with van der Waals surface area (Å²) < 4.78 is 4.96. The van der Waals surface area contributed by atoms with Crippen molar-refractivity contribution in [1.29, 1.82) is 0 Å². The van der Waals surface area contributed by atoms with Crippen LogP contribution in [0.1, 0.15) is 37.6 Å². The molecule has 0 bridgehead atoms. The normalized spacial score (nSPS) is 13.3. The maximum Gasteiger partial charge on any atom is 0.202 e. The first-order valence-electron chi connectivity index (χ1n) is 5.41. The number of aliphatic hydroxyl groups excluding tert-OH is 1. The summed E-state index contributed by atoms with van der Waals surface area (Å²) in [5.74, 6) is -2.11. The van der Waals surface area contributed by atoms with E-state index in [1.54, 1.807) is 0 Å². The number of hydrogen-bond donors (Lipinski definition) is 3. The number of hydrogen-bond acceptors (Lipinski definition) is 6. The molecule has 0 aliphatic heterocycles. The van der Waals surface area contributed by atoms with Crippen molar-refractivity contribution >= 4 is 11.6 Å². The van der Waals surface area contributed by atoms with Crippen LogP contribution in [0.5, 0.6) is 11.5 Å². The van der Waals surface area contributed by atoms with Gasteiger partial charge in [0.25, 0.3) is 0 Å². The van der Waals surface area contributed by atoms with Gasteiger partial charge in [0.05, 0.1) is 22.3 Å². The third-order valence-electron chi connectivity index (χ3n) is 3.10. The molecule has 0 saturated heterocycles. The zero-order valence-corrected chi connectivity index (χ0v) is 9.51. The fourth-order valence-electron chi connectivity index (χ4n) is 2.23. The summed E-state index contributed by atoms with van der Waals surface area (Å²) >= 11 is 0. The molecule has 0 unspecified atom stereocenters. The molecule has 2 aromatic rings. The number of benzene rings is 1. The zero-order chi connectivity index (χ0) is 13.7. The second-order valence-corrected chi connectivity index (χ2v) is 4.12. The number of carbonyl (C=O) groups is 2. The Morgan fingerprint density at radius 3 is 2.11 bits per heavy atom. The van der Waals surface area contributed by atoms with Gasteiger partial charge in [-0.2, -0.15) is 0 Å². The summed E-state index contributed by atoms with van der Waals surface area (Å²) in [6.45, 7) is -0.538. The van der Waals surface area contributed by atoms with Gasteiger partial charge in [-0.3, -0.25) is 9.59 Å². The van der Waals surface area contributed by atoms with Gasteiger partial charge in [0.15, 0.2) is 0 Å². The molecular formula is C13H8O6. The molecule has 0 radical (unpaired) electrons. The molecule has 6 heteroatoms. The molecule has 1 heterocycles. The van der Waals surface area contributed by atoms with Gasteiger partial charge < -0.3 is 19.7 Å². The van der Waals surface area contributed by atoms with Crippen molar-refractivity contribution in [3.63, 3.8) is 0 Å². The van der Waals surface area contributed by atoms with Crippen molar-refractivity contribution in [2.75, 3.05) is 0 Å². The van der Waals surface area contributed by atoms with Crippen LogP contribution in [0.15, 0.2) is 22.8 Å². The molecule has 3 rings (SSSR count). The highest BCUT2D eigenvalue weighted by Gasteiger charge is 2.37. The van der Waals surface area contributed by atoms with Gasteiger partial charge in [0.2, 0.25) is 11.6 Å². The first-order valence-corrected chi connectivity index (χ1v) is 5.41. The number of fused-ring (bicyclic) bond motifs is 2. The first kappa shape index (κ1) is 11.5. The van der Waals surface area contributed by atoms with E-state index in [1.165, 1.54) is 0 Å². The molecule has 1 aromatic carbocycles. The highest BCUT2D eigenvalue weighted by molar-refractivity contribution is 6.30. The Labute approximate surface area is 106 Å². The Morgan fingerprint density at radius 1 is 0.947 bits per heavy atom. The predicted molar refractivity (Wildman–Crippen MR) is 61.3 cm³/mol. The Morgan fingerprint density at radius 2 is 1.53 bits per heavy atom. The Balaban J connectivity index is 2.38. The standard InChI is InChI=1S/C13H8O6/c14-3-8-9-5(4-19-8)12(17)10-6(15)1-2-7(16)11(10)13(9)18/h1-2,4,14-16H,3H2. The molecule has 0 saturated carbocycles. The summed E-state index contributed by atoms with van der Waals surface area (Å²) in [5.41, 5.74) is -0.611. The summed E-state index contributed by atoms with van der Waals surface area (Å²) in [5, 5.41) is 28.5. The number of aliphatic hydroxyl groups is 1. The van der Waals surface area contributed by atoms with Crippen LogP contribution in [-0.4, -0.2) is 26.9 Å². The second-order valence-electron chi connectivity index (χ2n) is 4.12. The van der Waals surface area contributed by atoms with Gasteiger partial charge in [0.1, 0.15) is 30.1 Å². The average molecular weight is 260 g/mol. The van der Waals surface area contributed by atoms with Crippen LogP contribution in [0.4, 0.5) is 0 Å². The number of rotatable bonds is 1. The van der Waals surface area contributed by atoms with Crippen LogP contribution in [0.25, 0.3) is 0 Å². The van der Waals surface area contributed by atoms with Gasteiger partial charge in [-0.05, 0) is 12.1 Å². The van der Waals surface area contributed by atoms with Gasteiger partial charge in [-0.1, -0.05) is 0 Å². The maximum absolute atomic E-state index is 12.3. The smallest absolute Gasteiger partial charge is 0.202 e. The Kier molecular flexibility index (Phi) is 2.23. The molecule has 6 nitrogen and oxygen atoms in total. The first-order chi connectivity index (χ1) is 9.06. The third-order valence-corrected chi connectivity index (χ3v) is 3.10. The lowest BCUT2D eigenvalue weighted by atomic mass is 9.84. The summed E-state index contributed by atoms with van der Waals surface area (Å²) in [6, 6.07) is 2.26. The molecule has 1 aromatic heterocycles. The lowest BCUT2D eigenvalue weighted by Gasteiger charge is -2.16. The number of furan rings is 1. The third kappa shape index (κ3) is 1.34. The maximum atomic E-state index is 12.3. The molecule has 0 atom stereocenters. The molecule has 1 aliphatic rings. The largest absolute Gasteiger partial charge is 0.507 e. The van der Waals surface area contributed by atoms with E-state index >= 15 is 0 Å². The van der Waals surface area contributed by atoms with Crippen molar-refractivity contribution in [2.45, 2.75) is 6.61 Å². The summed E-state index contributed by atoms with van der Waals surface area (Å²) in [4.78, 5) is 24.5. The van der Waals surface area contributed by atoms with E-state index in [1.807, 2.05) is 0 Å². The quantitative estimate of drug-likeness (QED) is 0.562. The van der Waals surface area contributed by atoms with Crippen LogP contribution in [-0.2, 0) is 6.61 Å². The number of carbonyl (C=O) groups excluding carboxylic acids is 2. The number of phenolic OH excluding ortho intramolecular Hbond substituents is 2. The van der Waals surface area contributed by atoms with Gasteiger partial charge >= 0.3 is 0 Å². The van der Waals surface area contributed by atoms with Crippen LogP contribution in [0.2, 0.25) is 0 Å². The highest BCUT2D eigenvalue weighted by Crippen LogP contribution is 2.39. The van der Waals surface area contributed by atoms with E-state index in [-0.39, 0.29) is 33.8 Å². The lowest BCUT2D eigenvalue weighted by Crippen LogP contribution is -2.20. The fraction of sp³-hybridized carbons (Fsp3) is 0.0769. The van der Waals surface area contributed by atoms with E-state index in [4.69, 9.17) is 9.52 Å². The topological polar surface area (TPSA) is 108 Å². The minimum atomic E-state index is -0.657. The fourth-order valence-corrected chi connectivity index (χ4v) is 2.23. The molecule has 3 N–H and O–H groups in total. The van der Waals surface area contributed by atoms with Gasteiger partial charge in [0, 0.05) is 0 Å². The molecule has 0 fully saturated rings. The van der Waals surface area contributed by atoms with E-state index in [2.05, 4.69) is 0 Å². The minimum Gasteiger partial charge on any atom is -0.507 e. The molecular weight excluding hydrogens is 252 g/mol. The number of aromatic hydroxyl groups is 2. The van der Waals surface area contributed by atoms with E-state index in [9.17, 15) is 19.8 Å². The molecule has 19 heavy (non-hydrogen) atoms. The van der Waals surface area contributed by atoms with Crippen molar-refractivity contribution in [3.8, 4) is 11.5 Å². The minimum absolute atomic E-state index is 0.0255. The Hall–Kier alpha value is -2.60. The molecule has 1 aliphatic carbocycles. The van der Waals surface area contributed by atoms with Gasteiger partial charge in [-0.15, -0.1) is 0 Å². The van der Waals surface area contributed by atoms with Crippen LogP contribution >= 0.6 is 0 Å². The lowest BCUT2D eigenvalue weighted by molar-refractivity contribution is 0.0973. The van der Waals surface area contributed by atoms with Crippen LogP contribution in [0, 0.1) is 0 Å². The van der Waals surface area contributed by atoms with Crippen molar-refractivity contribution in [2.24, 2.45) is 0 Å². The van der Waals surface area contributed by atoms with Crippen molar-refractivity contribution < 1.29 is 29.3 Å². The molecule has 96 valence electrons. The number of ketones is 2.